The maximum atomic E-state index is 12.7. The molecule has 1 aromatic heterocycles. The Morgan fingerprint density at radius 3 is 2.62 bits per heavy atom. The van der Waals surface area contributed by atoms with Gasteiger partial charge in [0, 0.05) is 44.6 Å². The number of amides is 2. The second-order valence-electron chi connectivity index (χ2n) is 9.02. The molecule has 1 saturated heterocycles. The number of aromatic nitrogens is 2. The van der Waals surface area contributed by atoms with Crippen molar-refractivity contribution in [2.24, 2.45) is 0 Å². The Morgan fingerprint density at radius 1 is 1.16 bits per heavy atom. The van der Waals surface area contributed by atoms with Gasteiger partial charge < -0.3 is 20.1 Å². The van der Waals surface area contributed by atoms with E-state index in [0.717, 1.165) is 57.2 Å². The van der Waals surface area contributed by atoms with Gasteiger partial charge in [-0.05, 0) is 31.4 Å². The van der Waals surface area contributed by atoms with Crippen molar-refractivity contribution < 1.29 is 14.1 Å². The summed E-state index contributed by atoms with van der Waals surface area (Å²) in [7, 11) is 0. The first-order chi connectivity index (χ1) is 15.5. The van der Waals surface area contributed by atoms with Crippen LogP contribution in [0.2, 0.25) is 0 Å². The molecule has 1 aliphatic heterocycles. The van der Waals surface area contributed by atoms with Gasteiger partial charge in [-0.3, -0.25) is 9.59 Å². The number of carbonyl (C=O) groups excluding carboxylic acids is 2. The number of benzene rings is 1. The lowest BCUT2D eigenvalue weighted by Crippen LogP contribution is -2.45. The summed E-state index contributed by atoms with van der Waals surface area (Å²) in [5.41, 5.74) is 0.524. The summed E-state index contributed by atoms with van der Waals surface area (Å²) < 4.78 is 5.48. The van der Waals surface area contributed by atoms with Gasteiger partial charge in [0.15, 0.2) is 5.82 Å². The highest BCUT2D eigenvalue weighted by Crippen LogP contribution is 2.34. The monoisotopic (exact) mass is 439 g/mol. The van der Waals surface area contributed by atoms with E-state index in [-0.39, 0.29) is 17.9 Å². The van der Waals surface area contributed by atoms with E-state index in [1.54, 1.807) is 0 Å². The number of para-hydroxylation sites is 1. The van der Waals surface area contributed by atoms with Gasteiger partial charge in [0.05, 0.1) is 0 Å². The molecule has 1 unspecified atom stereocenters. The lowest BCUT2D eigenvalue weighted by Gasteiger charge is -2.30. The van der Waals surface area contributed by atoms with Crippen LogP contribution in [0.1, 0.15) is 70.0 Å². The molecular weight excluding hydrogens is 406 g/mol. The Balaban J connectivity index is 1.31. The molecule has 2 aromatic rings. The quantitative estimate of drug-likeness (QED) is 0.642. The van der Waals surface area contributed by atoms with Crippen LogP contribution in [-0.4, -0.2) is 46.0 Å². The van der Waals surface area contributed by atoms with Crippen LogP contribution in [0.4, 0.5) is 5.69 Å². The van der Waals surface area contributed by atoms with Crippen LogP contribution in [0.15, 0.2) is 34.9 Å². The van der Waals surface area contributed by atoms with E-state index in [2.05, 4.69) is 20.8 Å². The smallest absolute Gasteiger partial charge is 0.227 e. The molecule has 4 rings (SSSR count). The Bertz CT molecular complexity index is 905. The summed E-state index contributed by atoms with van der Waals surface area (Å²) in [6.45, 7) is 2.99. The first-order valence-corrected chi connectivity index (χ1v) is 11.8. The molecule has 0 radical (unpaired) electrons. The fraction of sp³-hybridized carbons (Fsp3) is 0.583. The zero-order valence-corrected chi connectivity index (χ0v) is 18.8. The molecule has 1 atom stereocenters. The van der Waals surface area contributed by atoms with Crippen molar-refractivity contribution in [3.63, 3.8) is 0 Å². The average Bonchev–Trinajstić information content (AvgIpc) is 3.39. The normalized spacial score (nSPS) is 20.5. The molecule has 172 valence electrons. The Hall–Kier alpha value is -2.90. The molecule has 32 heavy (non-hydrogen) atoms. The van der Waals surface area contributed by atoms with E-state index in [9.17, 15) is 9.59 Å². The second kappa shape index (κ2) is 10.1. The Labute approximate surface area is 189 Å². The zero-order chi connectivity index (χ0) is 22.4. The van der Waals surface area contributed by atoms with Crippen molar-refractivity contribution in [3.05, 3.63) is 42.0 Å². The third kappa shape index (κ3) is 5.47. The van der Waals surface area contributed by atoms with Gasteiger partial charge in [-0.25, -0.2) is 0 Å². The third-order valence-electron chi connectivity index (χ3n) is 6.51. The van der Waals surface area contributed by atoms with Gasteiger partial charge in [-0.2, -0.15) is 4.98 Å². The highest BCUT2D eigenvalue weighted by atomic mass is 16.5. The topological polar surface area (TPSA) is 100 Å². The standard InChI is InChI=1S/C24H33N5O3/c1-18(30)27-24(14-7-2-3-8-15-24)23-26-21(32-28-23)11-12-22(31)29-16-13-20(17-29)25-19-9-5-4-6-10-19/h4-6,9-10,20,25H,2-3,7-8,11-17H2,1H3,(H,27,30). The van der Waals surface area contributed by atoms with Crippen molar-refractivity contribution in [1.82, 2.24) is 20.4 Å². The molecule has 0 bridgehead atoms. The lowest BCUT2D eigenvalue weighted by atomic mass is 9.89. The summed E-state index contributed by atoms with van der Waals surface area (Å²) >= 11 is 0. The first-order valence-electron chi connectivity index (χ1n) is 11.8. The Kier molecular flexibility index (Phi) is 7.07. The van der Waals surface area contributed by atoms with Crippen molar-refractivity contribution in [2.75, 3.05) is 18.4 Å². The summed E-state index contributed by atoms with van der Waals surface area (Å²) in [6, 6.07) is 10.4. The fourth-order valence-electron chi connectivity index (χ4n) is 4.87. The predicted octanol–water partition coefficient (Wildman–Crippen LogP) is 3.40. The van der Waals surface area contributed by atoms with E-state index in [4.69, 9.17) is 4.52 Å². The highest BCUT2D eigenvalue weighted by molar-refractivity contribution is 5.76. The number of likely N-dealkylation sites (tertiary alicyclic amines) is 1. The Morgan fingerprint density at radius 2 is 1.91 bits per heavy atom. The summed E-state index contributed by atoms with van der Waals surface area (Å²) in [5, 5.41) is 10.8. The SMILES string of the molecule is CC(=O)NC1(c2noc(CCC(=O)N3CCC(Nc4ccccc4)C3)n2)CCCCCC1. The maximum Gasteiger partial charge on any atom is 0.227 e. The van der Waals surface area contributed by atoms with E-state index in [1.807, 2.05) is 35.2 Å². The number of anilines is 1. The predicted molar refractivity (Wildman–Crippen MR) is 121 cm³/mol. The van der Waals surface area contributed by atoms with Crippen molar-refractivity contribution in [1.29, 1.82) is 0 Å². The third-order valence-corrected chi connectivity index (χ3v) is 6.51. The molecule has 1 aliphatic carbocycles. The minimum absolute atomic E-state index is 0.0823. The second-order valence-corrected chi connectivity index (χ2v) is 9.02. The van der Waals surface area contributed by atoms with Crippen molar-refractivity contribution >= 4 is 17.5 Å². The number of carbonyl (C=O) groups is 2. The molecule has 2 N–H and O–H groups in total. The van der Waals surface area contributed by atoms with Gasteiger partial charge in [-0.1, -0.05) is 49.0 Å². The van der Waals surface area contributed by atoms with Gasteiger partial charge in [0.2, 0.25) is 17.7 Å². The molecule has 0 spiro atoms. The van der Waals surface area contributed by atoms with Crippen molar-refractivity contribution in [2.45, 2.75) is 76.3 Å². The highest BCUT2D eigenvalue weighted by Gasteiger charge is 2.38. The van der Waals surface area contributed by atoms with E-state index in [1.165, 1.54) is 6.92 Å². The summed E-state index contributed by atoms with van der Waals surface area (Å²) in [4.78, 5) is 31.1. The van der Waals surface area contributed by atoms with Crippen LogP contribution in [0, 0.1) is 0 Å². The van der Waals surface area contributed by atoms with Crippen LogP contribution < -0.4 is 10.6 Å². The molecular formula is C24H33N5O3. The number of hydrogen-bond donors (Lipinski definition) is 2. The molecule has 2 amide bonds. The van der Waals surface area contributed by atoms with E-state index < -0.39 is 5.54 Å². The molecule has 1 aromatic carbocycles. The van der Waals surface area contributed by atoms with Crippen LogP contribution in [0.25, 0.3) is 0 Å². The minimum Gasteiger partial charge on any atom is -0.380 e. The summed E-state index contributed by atoms with van der Waals surface area (Å²) in [5.74, 6) is 1.03. The molecule has 8 nitrogen and oxygen atoms in total. The molecule has 2 aliphatic rings. The van der Waals surface area contributed by atoms with Crippen LogP contribution in [-0.2, 0) is 21.5 Å². The molecule has 8 heteroatoms. The first kappa shape index (κ1) is 22.3. The van der Waals surface area contributed by atoms with Gasteiger partial charge >= 0.3 is 0 Å². The number of nitrogens with zero attached hydrogens (tertiary/aromatic N) is 3. The van der Waals surface area contributed by atoms with Gasteiger partial charge in [0.1, 0.15) is 5.54 Å². The number of hydrogen-bond acceptors (Lipinski definition) is 6. The maximum absolute atomic E-state index is 12.7. The molecule has 2 fully saturated rings. The number of aryl methyl sites for hydroxylation is 1. The van der Waals surface area contributed by atoms with Gasteiger partial charge in [0.25, 0.3) is 0 Å². The van der Waals surface area contributed by atoms with Crippen molar-refractivity contribution in [3.8, 4) is 0 Å². The van der Waals surface area contributed by atoms with E-state index >= 15 is 0 Å². The molecule has 2 heterocycles. The van der Waals surface area contributed by atoms with Crippen LogP contribution >= 0.6 is 0 Å². The number of nitrogens with one attached hydrogen (secondary N) is 2. The van der Waals surface area contributed by atoms with Crippen LogP contribution in [0.5, 0.6) is 0 Å². The summed E-state index contributed by atoms with van der Waals surface area (Å²) in [6.07, 6.45) is 7.66. The number of rotatable bonds is 7. The molecule has 1 saturated carbocycles. The van der Waals surface area contributed by atoms with Crippen LogP contribution in [0.3, 0.4) is 0 Å². The minimum atomic E-state index is -0.556. The average molecular weight is 440 g/mol. The van der Waals surface area contributed by atoms with Gasteiger partial charge in [-0.15, -0.1) is 0 Å². The zero-order valence-electron chi connectivity index (χ0n) is 18.8. The fourth-order valence-corrected chi connectivity index (χ4v) is 4.87. The van der Waals surface area contributed by atoms with E-state index in [0.29, 0.717) is 31.1 Å². The largest absolute Gasteiger partial charge is 0.380 e. The lowest BCUT2D eigenvalue weighted by molar-refractivity contribution is -0.130.